The third kappa shape index (κ3) is 4.72. The molecule has 230 valence electrons. The quantitative estimate of drug-likeness (QED) is 0.107. The third-order valence-corrected chi connectivity index (χ3v) is 9.50. The van der Waals surface area contributed by atoms with Crippen LogP contribution in [0.1, 0.15) is 0 Å². The van der Waals surface area contributed by atoms with Gasteiger partial charge in [0.05, 0.1) is 11.0 Å². The highest BCUT2D eigenvalue weighted by Gasteiger charge is 2.48. The predicted octanol–water partition coefficient (Wildman–Crippen LogP) is 10.7. The lowest BCUT2D eigenvalue weighted by molar-refractivity contribution is -0.0500. The summed E-state index contributed by atoms with van der Waals surface area (Å²) in [7, 11) is -5.84. The molecule has 0 aliphatic rings. The summed E-state index contributed by atoms with van der Waals surface area (Å²) >= 11 is 0. The van der Waals surface area contributed by atoms with E-state index in [0.717, 1.165) is 65.8 Å². The molecule has 1 aromatic heterocycles. The van der Waals surface area contributed by atoms with Crippen LogP contribution in [0.5, 0.6) is 5.75 Å². The Morgan fingerprint density at radius 2 is 0.957 bits per heavy atom. The molecule has 0 radical (unpaired) electrons. The van der Waals surface area contributed by atoms with Crippen LogP contribution in [0.4, 0.5) is 13.2 Å². The van der Waals surface area contributed by atoms with Crippen LogP contribution < -0.4 is 4.18 Å². The van der Waals surface area contributed by atoms with Crippen molar-refractivity contribution >= 4 is 53.5 Å². The summed E-state index contributed by atoms with van der Waals surface area (Å²) < 4.78 is 69.7. The summed E-state index contributed by atoms with van der Waals surface area (Å²) in [4.78, 5) is 0. The smallest absolute Gasteiger partial charge is 0.376 e. The lowest BCUT2D eigenvalue weighted by atomic mass is 9.86. The normalized spacial score (nSPS) is 12.3. The number of nitrogens with zero attached hydrogens (tertiary/aromatic N) is 1. The number of hydrogen-bond acceptors (Lipinski definition) is 3. The summed E-state index contributed by atoms with van der Waals surface area (Å²) in [6.07, 6.45) is 0. The average Bonchev–Trinajstić information content (AvgIpc) is 3.40. The Labute approximate surface area is 268 Å². The van der Waals surface area contributed by atoms with Gasteiger partial charge in [0, 0.05) is 22.5 Å². The minimum Gasteiger partial charge on any atom is -0.376 e. The molecule has 4 nitrogen and oxygen atoms in total. The number of para-hydroxylation sites is 1. The zero-order valence-electron chi connectivity index (χ0n) is 24.6. The van der Waals surface area contributed by atoms with Gasteiger partial charge in [-0.2, -0.15) is 21.6 Å². The summed E-state index contributed by atoms with van der Waals surface area (Å²) in [6, 6.07) is 46.8. The molecule has 47 heavy (non-hydrogen) atoms. The van der Waals surface area contributed by atoms with Gasteiger partial charge in [0.2, 0.25) is 0 Å². The van der Waals surface area contributed by atoms with Crippen LogP contribution in [0.15, 0.2) is 146 Å². The molecule has 0 N–H and O–H groups in total. The Morgan fingerprint density at radius 1 is 0.489 bits per heavy atom. The fourth-order valence-corrected chi connectivity index (χ4v) is 7.04. The second-order valence-corrected chi connectivity index (χ2v) is 12.8. The van der Waals surface area contributed by atoms with E-state index in [4.69, 9.17) is 0 Å². The number of halogens is 3. The minimum absolute atomic E-state index is 0.427. The number of hydrogen-bond donors (Lipinski definition) is 0. The highest BCUT2D eigenvalue weighted by atomic mass is 32.2. The predicted molar refractivity (Wildman–Crippen MR) is 182 cm³/mol. The molecule has 7 aromatic carbocycles. The maximum Gasteiger partial charge on any atom is 0.534 e. The molecule has 0 aliphatic heterocycles. The average molecular weight is 644 g/mol. The largest absolute Gasteiger partial charge is 0.534 e. The van der Waals surface area contributed by atoms with Crippen LogP contribution in [0.3, 0.4) is 0 Å². The molecule has 8 heteroatoms. The van der Waals surface area contributed by atoms with Crippen molar-refractivity contribution in [3.05, 3.63) is 146 Å². The van der Waals surface area contributed by atoms with E-state index < -0.39 is 21.4 Å². The van der Waals surface area contributed by atoms with Crippen LogP contribution in [-0.2, 0) is 10.1 Å². The standard InChI is InChI=1S/C39H24F3NO3S/c40-39(41,42)47(44,45)46-28-20-22-30-29-21-19-26(23-35(29)43(36(30)24-28)27-13-5-2-6-14-27)38-33-17-9-7-15-31(33)37(25-11-3-1-4-12-25)32-16-8-10-18-34(32)38/h1-24H. The van der Waals surface area contributed by atoms with E-state index in [9.17, 15) is 21.6 Å². The van der Waals surface area contributed by atoms with Crippen molar-refractivity contribution in [2.75, 3.05) is 0 Å². The second kappa shape index (κ2) is 10.7. The van der Waals surface area contributed by atoms with E-state index >= 15 is 0 Å². The zero-order valence-corrected chi connectivity index (χ0v) is 25.4. The first-order chi connectivity index (χ1) is 22.7. The van der Waals surface area contributed by atoms with Crippen molar-refractivity contribution in [1.82, 2.24) is 4.57 Å². The van der Waals surface area contributed by atoms with Crippen molar-refractivity contribution in [2.24, 2.45) is 0 Å². The molecule has 0 bridgehead atoms. The topological polar surface area (TPSA) is 48.3 Å². The first kappa shape index (κ1) is 28.8. The summed E-state index contributed by atoms with van der Waals surface area (Å²) in [5, 5.41) is 5.99. The van der Waals surface area contributed by atoms with E-state index in [-0.39, 0.29) is 0 Å². The fourth-order valence-electron chi connectivity index (χ4n) is 6.59. The molecule has 0 atom stereocenters. The highest BCUT2D eigenvalue weighted by Crippen LogP contribution is 2.45. The van der Waals surface area contributed by atoms with Crippen LogP contribution in [0.2, 0.25) is 0 Å². The van der Waals surface area contributed by atoms with Gasteiger partial charge in [0.25, 0.3) is 0 Å². The highest BCUT2D eigenvalue weighted by molar-refractivity contribution is 7.88. The van der Waals surface area contributed by atoms with Gasteiger partial charge in [-0.1, -0.05) is 109 Å². The van der Waals surface area contributed by atoms with Crippen LogP contribution in [0.25, 0.3) is 71.3 Å². The molecule has 8 aromatic rings. The second-order valence-electron chi connectivity index (χ2n) is 11.3. The van der Waals surface area contributed by atoms with Gasteiger partial charge in [-0.15, -0.1) is 0 Å². The number of benzene rings is 7. The summed E-state index contributed by atoms with van der Waals surface area (Å²) in [5.41, 5.74) is 0.813. The molecule has 0 fully saturated rings. The van der Waals surface area contributed by atoms with Crippen molar-refractivity contribution < 1.29 is 25.8 Å². The molecule has 0 saturated carbocycles. The fraction of sp³-hybridized carbons (Fsp3) is 0.0256. The molecule has 0 aliphatic carbocycles. The Kier molecular flexibility index (Phi) is 6.59. The Balaban J connectivity index is 1.43. The Morgan fingerprint density at radius 3 is 1.51 bits per heavy atom. The van der Waals surface area contributed by atoms with Crippen LogP contribution in [-0.4, -0.2) is 18.5 Å². The van der Waals surface area contributed by atoms with Gasteiger partial charge in [0.15, 0.2) is 0 Å². The van der Waals surface area contributed by atoms with Gasteiger partial charge in [0.1, 0.15) is 5.75 Å². The minimum atomic E-state index is -5.84. The van der Waals surface area contributed by atoms with E-state index in [0.29, 0.717) is 5.52 Å². The first-order valence-corrected chi connectivity index (χ1v) is 16.3. The molecular weight excluding hydrogens is 619 g/mol. The summed E-state index contributed by atoms with van der Waals surface area (Å²) in [6.45, 7) is 0. The van der Waals surface area contributed by atoms with Crippen LogP contribution >= 0.6 is 0 Å². The number of aromatic nitrogens is 1. The zero-order chi connectivity index (χ0) is 32.3. The summed E-state index contributed by atoms with van der Waals surface area (Å²) in [5.74, 6) is -0.427. The molecule has 0 saturated heterocycles. The lowest BCUT2D eigenvalue weighted by Gasteiger charge is -2.18. The lowest BCUT2D eigenvalue weighted by Crippen LogP contribution is -2.28. The Bertz CT molecular complexity index is 2540. The first-order valence-electron chi connectivity index (χ1n) is 14.8. The number of fused-ring (bicyclic) bond motifs is 5. The van der Waals surface area contributed by atoms with Gasteiger partial charge in [-0.25, -0.2) is 0 Å². The molecule has 1 heterocycles. The molecule has 0 spiro atoms. The van der Waals surface area contributed by atoms with E-state index in [1.165, 1.54) is 12.1 Å². The number of rotatable bonds is 5. The third-order valence-electron chi connectivity index (χ3n) is 8.53. The van der Waals surface area contributed by atoms with Crippen molar-refractivity contribution in [1.29, 1.82) is 0 Å². The molecule has 0 amide bonds. The van der Waals surface area contributed by atoms with Crippen molar-refractivity contribution in [3.8, 4) is 33.7 Å². The van der Waals surface area contributed by atoms with E-state index in [2.05, 4.69) is 52.7 Å². The molecule has 0 unspecified atom stereocenters. The van der Waals surface area contributed by atoms with Crippen LogP contribution in [0, 0.1) is 0 Å². The van der Waals surface area contributed by atoms with Gasteiger partial charge >= 0.3 is 15.6 Å². The van der Waals surface area contributed by atoms with E-state index in [1.807, 2.05) is 83.4 Å². The van der Waals surface area contributed by atoms with Gasteiger partial charge < -0.3 is 8.75 Å². The maximum absolute atomic E-state index is 13.2. The van der Waals surface area contributed by atoms with Crippen molar-refractivity contribution in [2.45, 2.75) is 5.51 Å². The number of alkyl halides is 3. The van der Waals surface area contributed by atoms with Gasteiger partial charge in [-0.3, -0.25) is 0 Å². The molecular formula is C39H24F3NO3S. The SMILES string of the molecule is O=S(=O)(Oc1ccc2c3ccc(-c4c5ccccc5c(-c5ccccc5)c5ccccc45)cc3n(-c3ccccc3)c2c1)C(F)(F)F. The van der Waals surface area contributed by atoms with E-state index in [1.54, 1.807) is 6.07 Å². The van der Waals surface area contributed by atoms with Crippen molar-refractivity contribution in [3.63, 3.8) is 0 Å². The maximum atomic E-state index is 13.2. The molecule has 8 rings (SSSR count). The Hall–Kier alpha value is -5.60. The monoisotopic (exact) mass is 643 g/mol. The van der Waals surface area contributed by atoms with Gasteiger partial charge in [-0.05, 0) is 74.1 Å².